The van der Waals surface area contributed by atoms with Crippen molar-refractivity contribution in [3.05, 3.63) is 40.6 Å². The molecule has 2 fully saturated rings. The van der Waals surface area contributed by atoms with Crippen LogP contribution in [0.2, 0.25) is 0 Å². The van der Waals surface area contributed by atoms with Crippen LogP contribution in [-0.2, 0) is 14.8 Å². The van der Waals surface area contributed by atoms with Gasteiger partial charge in [-0.3, -0.25) is 4.79 Å². The summed E-state index contributed by atoms with van der Waals surface area (Å²) in [5.41, 5.74) is -1.07. The number of hydrogen-bond donors (Lipinski definition) is 1. The second kappa shape index (κ2) is 5.75. The van der Waals surface area contributed by atoms with Crippen LogP contribution < -0.4 is 5.32 Å². The Morgan fingerprint density at radius 3 is 2.64 bits per heavy atom. The number of fused-ring (bicyclic) bond motifs is 1. The molecule has 0 radical (unpaired) electrons. The number of benzene rings is 2. The molecule has 0 atom stereocenters. The highest BCUT2D eigenvalue weighted by atomic mass is 79.9. The fraction of sp³-hybridized carbons (Fsp3) is 0.353. The zero-order valence-electron chi connectivity index (χ0n) is 13.3. The summed E-state index contributed by atoms with van der Waals surface area (Å²) in [6.07, 6.45) is 1.70. The Morgan fingerprint density at radius 1 is 1.24 bits per heavy atom. The van der Waals surface area contributed by atoms with E-state index in [1.54, 1.807) is 30.3 Å². The van der Waals surface area contributed by atoms with Gasteiger partial charge >= 0.3 is 0 Å². The molecule has 0 aromatic heterocycles. The maximum Gasteiger partial charge on any atom is 0.248 e. The number of carbonyl (C=O) groups excluding carboxylic acids is 1. The van der Waals surface area contributed by atoms with Crippen LogP contribution in [0.15, 0.2) is 39.7 Å². The first-order valence-electron chi connectivity index (χ1n) is 8.06. The number of nitrogens with one attached hydrogen (secondary N) is 1. The number of carbonyl (C=O) groups is 1. The molecule has 2 aromatic rings. The lowest BCUT2D eigenvalue weighted by Gasteiger charge is -2.50. The molecule has 1 saturated carbocycles. The van der Waals surface area contributed by atoms with Crippen LogP contribution in [0.25, 0.3) is 10.8 Å². The molecule has 0 unspecified atom stereocenters. The summed E-state index contributed by atoms with van der Waals surface area (Å²) in [6.45, 7) is 0.374. The van der Waals surface area contributed by atoms with Crippen molar-refractivity contribution in [3.8, 4) is 0 Å². The molecule has 1 spiro atoms. The second-order valence-corrected chi connectivity index (χ2v) is 9.09. The smallest absolute Gasteiger partial charge is 0.248 e. The van der Waals surface area contributed by atoms with Crippen LogP contribution in [0.1, 0.15) is 19.3 Å². The standard InChI is InChI=1S/C17H16BrFN2O3S/c18-13-10-11-4-1-2-5-12(11)14(19)15(13)25(23,24)21-9-8-20-16(22)17(21)6-3-7-17/h1-2,4-5,10H,3,6-9H2,(H,20,22). The minimum atomic E-state index is -4.17. The van der Waals surface area contributed by atoms with E-state index in [2.05, 4.69) is 21.2 Å². The molecule has 1 aliphatic carbocycles. The Bertz CT molecular complexity index is 989. The van der Waals surface area contributed by atoms with Crippen LogP contribution >= 0.6 is 15.9 Å². The van der Waals surface area contributed by atoms with E-state index in [-0.39, 0.29) is 28.9 Å². The summed E-state index contributed by atoms with van der Waals surface area (Å²) in [4.78, 5) is 12.0. The van der Waals surface area contributed by atoms with E-state index < -0.39 is 26.3 Å². The van der Waals surface area contributed by atoms with Crippen molar-refractivity contribution in [1.82, 2.24) is 9.62 Å². The summed E-state index contributed by atoms with van der Waals surface area (Å²) in [5.74, 6) is -1.07. The first-order chi connectivity index (χ1) is 11.9. The predicted octanol–water partition coefficient (Wildman–Crippen LogP) is 2.78. The molecule has 1 amide bonds. The summed E-state index contributed by atoms with van der Waals surface area (Å²) >= 11 is 3.22. The summed E-state index contributed by atoms with van der Waals surface area (Å²) < 4.78 is 43.1. The lowest BCUT2D eigenvalue weighted by molar-refractivity contribution is -0.138. The van der Waals surface area contributed by atoms with E-state index in [0.29, 0.717) is 18.2 Å². The first-order valence-corrected chi connectivity index (χ1v) is 10.3. The Balaban J connectivity index is 1.91. The van der Waals surface area contributed by atoms with Gasteiger partial charge in [0.25, 0.3) is 0 Å². The van der Waals surface area contributed by atoms with Gasteiger partial charge in [-0.2, -0.15) is 4.31 Å². The molecule has 5 nitrogen and oxygen atoms in total. The average molecular weight is 427 g/mol. The Labute approximate surface area is 153 Å². The quantitative estimate of drug-likeness (QED) is 0.802. The number of sulfonamides is 1. The van der Waals surface area contributed by atoms with Crippen LogP contribution in [-0.4, -0.2) is 37.3 Å². The highest BCUT2D eigenvalue weighted by Gasteiger charge is 2.56. The molecule has 132 valence electrons. The summed E-state index contributed by atoms with van der Waals surface area (Å²) in [5, 5.41) is 3.59. The van der Waals surface area contributed by atoms with E-state index in [9.17, 15) is 13.2 Å². The third-order valence-corrected chi connectivity index (χ3v) is 8.04. The van der Waals surface area contributed by atoms with Crippen molar-refractivity contribution < 1.29 is 17.6 Å². The lowest BCUT2D eigenvalue weighted by atomic mass is 9.75. The molecule has 2 aromatic carbocycles. The molecule has 1 saturated heterocycles. The molecular formula is C17H16BrFN2O3S. The van der Waals surface area contributed by atoms with Crippen molar-refractivity contribution in [2.75, 3.05) is 13.1 Å². The van der Waals surface area contributed by atoms with E-state index in [1.165, 1.54) is 4.31 Å². The van der Waals surface area contributed by atoms with Gasteiger partial charge in [0.2, 0.25) is 15.9 Å². The van der Waals surface area contributed by atoms with Crippen molar-refractivity contribution >= 4 is 42.6 Å². The molecule has 4 rings (SSSR count). The highest BCUT2D eigenvalue weighted by molar-refractivity contribution is 9.10. The molecule has 25 heavy (non-hydrogen) atoms. The fourth-order valence-corrected chi connectivity index (χ4v) is 6.65. The number of rotatable bonds is 2. The van der Waals surface area contributed by atoms with Crippen molar-refractivity contribution in [3.63, 3.8) is 0 Å². The topological polar surface area (TPSA) is 66.5 Å². The Kier molecular flexibility index (Phi) is 3.90. The zero-order valence-corrected chi connectivity index (χ0v) is 15.7. The van der Waals surface area contributed by atoms with Gasteiger partial charge in [-0.05, 0) is 46.6 Å². The van der Waals surface area contributed by atoms with Crippen LogP contribution in [0, 0.1) is 5.82 Å². The minimum Gasteiger partial charge on any atom is -0.353 e. The van der Waals surface area contributed by atoms with E-state index >= 15 is 4.39 Å². The van der Waals surface area contributed by atoms with Crippen LogP contribution in [0.5, 0.6) is 0 Å². The number of halogens is 2. The first kappa shape index (κ1) is 16.9. The van der Waals surface area contributed by atoms with E-state index in [4.69, 9.17) is 0 Å². The number of hydrogen-bond acceptors (Lipinski definition) is 3. The maximum atomic E-state index is 15.1. The van der Waals surface area contributed by atoms with Crippen molar-refractivity contribution in [2.45, 2.75) is 29.7 Å². The Hall–Kier alpha value is -1.51. The molecular weight excluding hydrogens is 411 g/mol. The third-order valence-electron chi connectivity index (χ3n) is 5.13. The van der Waals surface area contributed by atoms with Gasteiger partial charge in [0.1, 0.15) is 10.4 Å². The van der Waals surface area contributed by atoms with Gasteiger partial charge in [0, 0.05) is 22.9 Å². The SMILES string of the molecule is O=C1NCCN(S(=O)(=O)c2c(Br)cc3ccccc3c2F)C12CCC2. The largest absolute Gasteiger partial charge is 0.353 e. The molecule has 8 heteroatoms. The van der Waals surface area contributed by atoms with Gasteiger partial charge in [0.15, 0.2) is 5.82 Å². The van der Waals surface area contributed by atoms with Gasteiger partial charge in [0.05, 0.1) is 0 Å². The van der Waals surface area contributed by atoms with Gasteiger partial charge in [-0.1, -0.05) is 24.3 Å². The van der Waals surface area contributed by atoms with Crippen molar-refractivity contribution in [2.24, 2.45) is 0 Å². The normalized spacial score (nSPS) is 20.5. The van der Waals surface area contributed by atoms with Crippen molar-refractivity contribution in [1.29, 1.82) is 0 Å². The number of nitrogens with zero attached hydrogens (tertiary/aromatic N) is 1. The lowest BCUT2D eigenvalue weighted by Crippen LogP contribution is -2.69. The average Bonchev–Trinajstić information content (AvgIpc) is 2.52. The van der Waals surface area contributed by atoms with Crippen LogP contribution in [0.3, 0.4) is 0 Å². The summed E-state index contributed by atoms with van der Waals surface area (Å²) in [6, 6.07) is 8.31. The van der Waals surface area contributed by atoms with Gasteiger partial charge in [-0.25, -0.2) is 12.8 Å². The predicted molar refractivity (Wildman–Crippen MR) is 95.1 cm³/mol. The molecule has 0 bridgehead atoms. The number of amides is 1. The Morgan fingerprint density at radius 2 is 1.96 bits per heavy atom. The molecule has 1 aliphatic heterocycles. The minimum absolute atomic E-state index is 0.146. The molecule has 1 heterocycles. The van der Waals surface area contributed by atoms with Gasteiger partial charge in [-0.15, -0.1) is 0 Å². The number of piperazine rings is 1. The molecule has 1 N–H and O–H groups in total. The highest BCUT2D eigenvalue weighted by Crippen LogP contribution is 2.44. The van der Waals surface area contributed by atoms with E-state index in [1.807, 2.05) is 0 Å². The molecule has 2 aliphatic rings. The fourth-order valence-electron chi connectivity index (χ4n) is 3.70. The third kappa shape index (κ3) is 2.34. The van der Waals surface area contributed by atoms with Gasteiger partial charge < -0.3 is 5.32 Å². The summed E-state index contributed by atoms with van der Waals surface area (Å²) in [7, 11) is -4.17. The monoisotopic (exact) mass is 426 g/mol. The van der Waals surface area contributed by atoms with Crippen LogP contribution in [0.4, 0.5) is 4.39 Å². The second-order valence-electron chi connectivity index (χ2n) is 6.44. The zero-order chi connectivity index (χ0) is 17.8. The maximum absolute atomic E-state index is 15.1. The van der Waals surface area contributed by atoms with E-state index in [0.717, 1.165) is 6.42 Å².